The van der Waals surface area contributed by atoms with Gasteiger partial charge >= 0.3 is 5.97 Å². The number of hydrogen-bond acceptors (Lipinski definition) is 8. The van der Waals surface area contributed by atoms with Crippen molar-refractivity contribution in [2.24, 2.45) is 0 Å². The minimum Gasteiger partial charge on any atom is -0.755 e. The van der Waals surface area contributed by atoms with Crippen LogP contribution >= 0.6 is 27.3 Å². The average Bonchev–Trinajstić information content (AvgIpc) is 3.33. The first-order valence-electron chi connectivity index (χ1n) is 12.8. The summed E-state index contributed by atoms with van der Waals surface area (Å²) in [6, 6.07) is 21.1. The number of hydrogen-bond donors (Lipinski definition) is 1. The molecule has 1 unspecified atom stereocenters. The number of methoxy groups -OCH3 is 1. The van der Waals surface area contributed by atoms with E-state index in [0.717, 1.165) is 25.7 Å². The highest BCUT2D eigenvalue weighted by atomic mass is 79.9. The van der Waals surface area contributed by atoms with E-state index in [0.29, 0.717) is 38.3 Å². The molecule has 0 aliphatic carbocycles. The van der Waals surface area contributed by atoms with Crippen molar-refractivity contribution in [3.8, 4) is 11.1 Å². The molecule has 0 spiro atoms. The number of anilines is 3. The van der Waals surface area contributed by atoms with Crippen molar-refractivity contribution < 1.29 is 23.1 Å². The highest BCUT2D eigenvalue weighted by Crippen LogP contribution is 2.37. The molecule has 0 fully saturated rings. The average molecular weight is 681 g/mol. The third-order valence-corrected chi connectivity index (χ3v) is 8.93. The molecule has 220 valence electrons. The van der Waals surface area contributed by atoms with Crippen LogP contribution in [-0.2, 0) is 27.3 Å². The number of halogens is 1. The van der Waals surface area contributed by atoms with Gasteiger partial charge in [0.2, 0.25) is 5.91 Å². The molecule has 43 heavy (non-hydrogen) atoms. The Kier molecular flexibility index (Phi) is 8.87. The molecule has 0 aliphatic heterocycles. The number of pyridine rings is 1. The molecule has 2 aromatic heterocycles. The van der Waals surface area contributed by atoms with Gasteiger partial charge in [-0.2, -0.15) is 0 Å². The number of aromatic nitrogens is 2. The molecule has 10 nitrogen and oxygen atoms in total. The van der Waals surface area contributed by atoms with Gasteiger partial charge in [0.25, 0.3) is 5.56 Å². The summed E-state index contributed by atoms with van der Waals surface area (Å²) in [6.45, 7) is 3.00. The van der Waals surface area contributed by atoms with Crippen LogP contribution < -0.4 is 15.2 Å². The number of esters is 1. The second-order valence-electron chi connectivity index (χ2n) is 9.43. The molecule has 1 N–H and O–H groups in total. The SMILES string of the molecule is COC(=O)c1c(-c2ccccc2)c2cc(Br)ccc2c(=O)n1Cc1ccc(N(c2sc(NC(C)=O)nc2C)S(=O)[O-])cc1. The van der Waals surface area contributed by atoms with Crippen LogP contribution in [0.2, 0.25) is 0 Å². The maximum Gasteiger partial charge on any atom is 0.355 e. The van der Waals surface area contributed by atoms with Gasteiger partial charge in [0.1, 0.15) is 10.7 Å². The summed E-state index contributed by atoms with van der Waals surface area (Å²) in [5.41, 5.74) is 2.41. The number of carbonyl (C=O) groups excluding carboxylic acids is 2. The van der Waals surface area contributed by atoms with E-state index in [4.69, 9.17) is 4.74 Å². The zero-order valence-electron chi connectivity index (χ0n) is 23.1. The number of nitrogens with one attached hydrogen (secondary N) is 1. The van der Waals surface area contributed by atoms with E-state index in [-0.39, 0.29) is 28.8 Å². The lowest BCUT2D eigenvalue weighted by atomic mass is 9.96. The summed E-state index contributed by atoms with van der Waals surface area (Å²) in [5.74, 6) is -0.990. The number of ether oxygens (including phenoxy) is 1. The Bertz CT molecular complexity index is 1940. The van der Waals surface area contributed by atoms with Crippen molar-refractivity contribution >= 4 is 77.0 Å². The predicted molar refractivity (Wildman–Crippen MR) is 170 cm³/mol. The minimum absolute atomic E-state index is 0.0160. The first-order valence-corrected chi connectivity index (χ1v) is 15.5. The van der Waals surface area contributed by atoms with Crippen molar-refractivity contribution in [1.29, 1.82) is 0 Å². The maximum absolute atomic E-state index is 13.8. The molecule has 0 saturated heterocycles. The van der Waals surface area contributed by atoms with Gasteiger partial charge in [0, 0.05) is 22.3 Å². The Balaban J connectivity index is 1.61. The Labute approximate surface area is 261 Å². The van der Waals surface area contributed by atoms with Crippen molar-refractivity contribution in [3.05, 3.63) is 105 Å². The Morgan fingerprint density at radius 2 is 1.79 bits per heavy atom. The van der Waals surface area contributed by atoms with Gasteiger partial charge in [-0.15, -0.1) is 0 Å². The number of thiazole rings is 1. The summed E-state index contributed by atoms with van der Waals surface area (Å²) in [6.07, 6.45) is 0. The number of nitrogens with zero attached hydrogens (tertiary/aromatic N) is 3. The predicted octanol–water partition coefficient (Wildman–Crippen LogP) is 5.92. The molecule has 5 rings (SSSR count). The minimum atomic E-state index is -2.70. The molecule has 5 aromatic rings. The fourth-order valence-electron chi connectivity index (χ4n) is 4.75. The standard InChI is InChI=1S/C30H25BrN4O6S2/c1-17-28(42-30(32-17)33-18(2)36)35(43(39)40)22-12-9-19(10-13-22)16-34-26(29(38)41-3)25(20-7-5-4-6-8-20)24-15-21(31)11-14-23(24)27(34)37/h4-15H,16H2,1-3H3,(H,39,40)(H,32,33,36)/p-1. The molecular weight excluding hydrogens is 656 g/mol. The fourth-order valence-corrected chi connectivity index (χ4v) is 6.91. The van der Waals surface area contributed by atoms with Gasteiger partial charge in [-0.25, -0.2) is 9.78 Å². The number of aryl methyl sites for hydroxylation is 1. The fraction of sp³-hybridized carbons (Fsp3) is 0.133. The molecule has 2 heterocycles. The third-order valence-electron chi connectivity index (χ3n) is 6.57. The highest BCUT2D eigenvalue weighted by Gasteiger charge is 2.25. The topological polar surface area (TPSA) is 134 Å². The smallest absolute Gasteiger partial charge is 0.355 e. The van der Waals surface area contributed by atoms with E-state index in [1.807, 2.05) is 30.3 Å². The first kappa shape index (κ1) is 30.3. The summed E-state index contributed by atoms with van der Waals surface area (Å²) in [4.78, 5) is 42.8. The normalized spacial score (nSPS) is 11.7. The second-order valence-corrected chi connectivity index (χ2v) is 12.1. The molecule has 1 amide bonds. The van der Waals surface area contributed by atoms with Crippen molar-refractivity contribution in [3.63, 3.8) is 0 Å². The molecule has 0 saturated carbocycles. The summed E-state index contributed by atoms with van der Waals surface area (Å²) in [7, 11) is 1.27. The third kappa shape index (κ3) is 6.15. The van der Waals surface area contributed by atoms with Crippen LogP contribution in [0.4, 0.5) is 15.8 Å². The zero-order chi connectivity index (χ0) is 30.8. The molecule has 0 aliphatic rings. The summed E-state index contributed by atoms with van der Waals surface area (Å²) in [5, 5.41) is 4.20. The lowest BCUT2D eigenvalue weighted by Gasteiger charge is -2.25. The lowest BCUT2D eigenvalue weighted by molar-refractivity contribution is -0.114. The van der Waals surface area contributed by atoms with Crippen LogP contribution in [0.1, 0.15) is 28.7 Å². The number of benzene rings is 3. The largest absolute Gasteiger partial charge is 0.755 e. The quantitative estimate of drug-likeness (QED) is 0.159. The van der Waals surface area contributed by atoms with E-state index in [1.54, 1.807) is 49.4 Å². The van der Waals surface area contributed by atoms with E-state index < -0.39 is 17.2 Å². The van der Waals surface area contributed by atoms with E-state index in [2.05, 4.69) is 26.2 Å². The van der Waals surface area contributed by atoms with Gasteiger partial charge in [0.15, 0.2) is 5.13 Å². The lowest BCUT2D eigenvalue weighted by Crippen LogP contribution is -2.28. The number of rotatable bonds is 8. The van der Waals surface area contributed by atoms with E-state index in [1.165, 1.54) is 18.6 Å². The van der Waals surface area contributed by atoms with Crippen molar-refractivity contribution in [2.45, 2.75) is 20.4 Å². The number of carbonyl (C=O) groups is 2. The summed E-state index contributed by atoms with van der Waals surface area (Å²) < 4.78 is 33.0. The highest BCUT2D eigenvalue weighted by molar-refractivity contribution is 9.10. The zero-order valence-corrected chi connectivity index (χ0v) is 26.3. The van der Waals surface area contributed by atoms with E-state index >= 15 is 0 Å². The molecule has 3 aromatic carbocycles. The van der Waals surface area contributed by atoms with Gasteiger partial charge in [0.05, 0.1) is 36.3 Å². The first-order chi connectivity index (χ1) is 20.6. The van der Waals surface area contributed by atoms with Crippen LogP contribution in [0.5, 0.6) is 0 Å². The summed E-state index contributed by atoms with van der Waals surface area (Å²) >= 11 is 1.81. The van der Waals surface area contributed by atoms with Crippen LogP contribution in [0.15, 0.2) is 82.1 Å². The maximum atomic E-state index is 13.8. The Morgan fingerprint density at radius 3 is 2.42 bits per heavy atom. The second kappa shape index (κ2) is 12.6. The molecular formula is C30H24BrN4O6S2-. The molecule has 1 atom stereocenters. The Morgan fingerprint density at radius 1 is 1.09 bits per heavy atom. The Hall–Kier alpha value is -4.17. The molecule has 13 heteroatoms. The van der Waals surface area contributed by atoms with E-state index in [9.17, 15) is 23.1 Å². The van der Waals surface area contributed by atoms with Gasteiger partial charge < -0.3 is 14.6 Å². The number of fused-ring (bicyclic) bond motifs is 1. The number of amides is 1. The van der Waals surface area contributed by atoms with Gasteiger partial charge in [-0.05, 0) is 53.8 Å². The van der Waals surface area contributed by atoms with Crippen LogP contribution in [0.25, 0.3) is 21.9 Å². The van der Waals surface area contributed by atoms with Crippen LogP contribution in [-0.4, -0.2) is 37.3 Å². The van der Waals surface area contributed by atoms with Crippen molar-refractivity contribution in [2.75, 3.05) is 16.7 Å². The van der Waals surface area contributed by atoms with Gasteiger partial charge in [-0.1, -0.05) is 69.7 Å². The molecule has 0 radical (unpaired) electrons. The van der Waals surface area contributed by atoms with Crippen LogP contribution in [0.3, 0.4) is 0 Å². The van der Waals surface area contributed by atoms with Gasteiger partial charge in [-0.3, -0.25) is 22.7 Å². The van der Waals surface area contributed by atoms with Crippen LogP contribution in [0, 0.1) is 6.92 Å². The van der Waals surface area contributed by atoms with Crippen molar-refractivity contribution in [1.82, 2.24) is 9.55 Å². The monoisotopic (exact) mass is 679 g/mol. The molecule has 0 bridgehead atoms.